The van der Waals surface area contributed by atoms with Crippen molar-refractivity contribution < 1.29 is 14.3 Å². The molecule has 26 heavy (non-hydrogen) atoms. The van der Waals surface area contributed by atoms with E-state index in [4.69, 9.17) is 4.74 Å². The quantitative estimate of drug-likeness (QED) is 0.544. The number of carbonyl (C=O) groups is 1. The maximum Gasteiger partial charge on any atom is 0.427 e. The molecule has 0 saturated heterocycles. The molecule has 1 amide bonds. The Balaban J connectivity index is 1.74. The van der Waals surface area contributed by atoms with Gasteiger partial charge in [-0.05, 0) is 24.6 Å². The third kappa shape index (κ3) is 4.03. The second-order valence-corrected chi connectivity index (χ2v) is 5.77. The predicted molar refractivity (Wildman–Crippen MR) is 102 cm³/mol. The van der Waals surface area contributed by atoms with Crippen molar-refractivity contribution in [2.75, 3.05) is 13.7 Å². The van der Waals surface area contributed by atoms with Gasteiger partial charge in [0.15, 0.2) is 0 Å². The zero-order valence-corrected chi connectivity index (χ0v) is 14.8. The lowest BCUT2D eigenvalue weighted by Crippen LogP contribution is -2.16. The summed E-state index contributed by atoms with van der Waals surface area (Å²) in [7, 11) is 1.30. The second-order valence-electron chi connectivity index (χ2n) is 5.77. The molecular formula is C20H21N3O3. The number of fused-ring (bicyclic) bond motifs is 1. The van der Waals surface area contributed by atoms with Gasteiger partial charge < -0.3 is 14.0 Å². The van der Waals surface area contributed by atoms with Crippen LogP contribution in [0.4, 0.5) is 4.79 Å². The molecular weight excluding hydrogens is 330 g/mol. The predicted octanol–water partition coefficient (Wildman–Crippen LogP) is 3.72. The molecule has 1 N–H and O–H groups in total. The molecule has 3 rings (SSSR count). The number of amides is 1. The van der Waals surface area contributed by atoms with Crippen molar-refractivity contribution in [1.82, 2.24) is 9.99 Å². The van der Waals surface area contributed by atoms with E-state index in [9.17, 15) is 4.79 Å². The normalized spacial score (nSPS) is 11.0. The van der Waals surface area contributed by atoms with Gasteiger partial charge in [0.1, 0.15) is 12.4 Å². The van der Waals surface area contributed by atoms with Crippen LogP contribution in [-0.2, 0) is 11.3 Å². The smallest absolute Gasteiger partial charge is 0.427 e. The van der Waals surface area contributed by atoms with E-state index in [1.165, 1.54) is 7.11 Å². The van der Waals surface area contributed by atoms with Crippen LogP contribution in [0.2, 0.25) is 0 Å². The van der Waals surface area contributed by atoms with Crippen LogP contribution < -0.4 is 10.2 Å². The standard InChI is InChI=1S/C20H21N3O3/c1-15-7-3-6-10-19(15)26-12-11-23-14-16(13-21-22-20(24)25-2)17-8-4-5-9-18(17)23/h3-10,13-14H,11-12H2,1-2H3,(H,22,24)/b21-13-. The molecule has 0 aliphatic heterocycles. The molecule has 0 spiro atoms. The van der Waals surface area contributed by atoms with E-state index in [0.717, 1.165) is 27.8 Å². The molecule has 0 saturated carbocycles. The van der Waals surface area contributed by atoms with Crippen molar-refractivity contribution in [2.24, 2.45) is 5.10 Å². The van der Waals surface area contributed by atoms with E-state index in [-0.39, 0.29) is 0 Å². The Morgan fingerprint density at radius 3 is 2.77 bits per heavy atom. The van der Waals surface area contributed by atoms with Gasteiger partial charge in [-0.3, -0.25) is 0 Å². The highest BCUT2D eigenvalue weighted by atomic mass is 16.5. The third-order valence-corrected chi connectivity index (χ3v) is 4.05. The number of benzene rings is 2. The summed E-state index contributed by atoms with van der Waals surface area (Å²) in [6.45, 7) is 3.29. The average molecular weight is 351 g/mol. The zero-order chi connectivity index (χ0) is 18.4. The Kier molecular flexibility index (Phi) is 5.53. The molecule has 0 unspecified atom stereocenters. The van der Waals surface area contributed by atoms with E-state index in [0.29, 0.717) is 13.2 Å². The Hall–Kier alpha value is -3.28. The van der Waals surface area contributed by atoms with Gasteiger partial charge in [-0.25, -0.2) is 10.2 Å². The average Bonchev–Trinajstić information content (AvgIpc) is 3.01. The summed E-state index contributed by atoms with van der Waals surface area (Å²) in [4.78, 5) is 11.1. The topological polar surface area (TPSA) is 64.8 Å². The highest BCUT2D eigenvalue weighted by molar-refractivity contribution is 5.99. The Bertz CT molecular complexity index is 931. The van der Waals surface area contributed by atoms with Crippen LogP contribution in [0.3, 0.4) is 0 Å². The molecule has 134 valence electrons. The summed E-state index contributed by atoms with van der Waals surface area (Å²) in [6.07, 6.45) is 3.00. The first-order valence-electron chi connectivity index (χ1n) is 8.32. The highest BCUT2D eigenvalue weighted by Gasteiger charge is 2.07. The van der Waals surface area contributed by atoms with E-state index >= 15 is 0 Å². The van der Waals surface area contributed by atoms with Crippen molar-refractivity contribution in [3.8, 4) is 5.75 Å². The van der Waals surface area contributed by atoms with Crippen molar-refractivity contribution in [3.63, 3.8) is 0 Å². The fraction of sp³-hybridized carbons (Fsp3) is 0.200. The first-order valence-corrected chi connectivity index (χ1v) is 8.32. The van der Waals surface area contributed by atoms with Crippen LogP contribution in [0.1, 0.15) is 11.1 Å². The van der Waals surface area contributed by atoms with Gasteiger partial charge in [-0.2, -0.15) is 5.10 Å². The van der Waals surface area contributed by atoms with Crippen LogP contribution in [0.25, 0.3) is 10.9 Å². The van der Waals surface area contributed by atoms with Gasteiger partial charge in [0.2, 0.25) is 0 Å². The number of aromatic nitrogens is 1. The Labute approximate surface area is 152 Å². The molecule has 0 fully saturated rings. The van der Waals surface area contributed by atoms with E-state index < -0.39 is 6.09 Å². The van der Waals surface area contributed by atoms with Gasteiger partial charge in [-0.1, -0.05) is 36.4 Å². The number of hydrogen-bond acceptors (Lipinski definition) is 4. The fourth-order valence-corrected chi connectivity index (χ4v) is 2.74. The summed E-state index contributed by atoms with van der Waals surface area (Å²) in [5.41, 5.74) is 5.41. The molecule has 6 heteroatoms. The zero-order valence-electron chi connectivity index (χ0n) is 14.8. The SMILES string of the molecule is COC(=O)N/N=C\c1cn(CCOc2ccccc2C)c2ccccc12. The molecule has 0 aliphatic carbocycles. The maximum absolute atomic E-state index is 11.1. The van der Waals surface area contributed by atoms with Crippen LogP contribution in [0, 0.1) is 6.92 Å². The molecule has 0 bridgehead atoms. The largest absolute Gasteiger partial charge is 0.491 e. The number of methoxy groups -OCH3 is 1. The van der Waals surface area contributed by atoms with Gasteiger partial charge >= 0.3 is 6.09 Å². The van der Waals surface area contributed by atoms with Gasteiger partial charge in [0, 0.05) is 22.7 Å². The van der Waals surface area contributed by atoms with Gasteiger partial charge in [-0.15, -0.1) is 0 Å². The maximum atomic E-state index is 11.1. The van der Waals surface area contributed by atoms with Crippen molar-refractivity contribution in [1.29, 1.82) is 0 Å². The molecule has 1 aromatic heterocycles. The molecule has 0 aliphatic rings. The van der Waals surface area contributed by atoms with Crippen molar-refractivity contribution >= 4 is 23.2 Å². The number of rotatable bonds is 6. The monoisotopic (exact) mass is 351 g/mol. The lowest BCUT2D eigenvalue weighted by atomic mass is 10.2. The minimum Gasteiger partial charge on any atom is -0.491 e. The number of nitrogens with zero attached hydrogens (tertiary/aromatic N) is 2. The summed E-state index contributed by atoms with van der Waals surface area (Å²) < 4.78 is 12.5. The highest BCUT2D eigenvalue weighted by Crippen LogP contribution is 2.21. The third-order valence-electron chi connectivity index (χ3n) is 4.05. The summed E-state index contributed by atoms with van der Waals surface area (Å²) in [6, 6.07) is 16.0. The molecule has 0 radical (unpaired) electrons. The van der Waals surface area contributed by atoms with E-state index in [2.05, 4.69) is 19.8 Å². The summed E-state index contributed by atoms with van der Waals surface area (Å²) >= 11 is 0. The lowest BCUT2D eigenvalue weighted by molar-refractivity contribution is 0.171. The first-order chi connectivity index (χ1) is 12.7. The number of hydrogen-bond donors (Lipinski definition) is 1. The first kappa shape index (κ1) is 17.5. The van der Waals surface area contributed by atoms with Crippen LogP contribution in [0.15, 0.2) is 59.8 Å². The minimum absolute atomic E-state index is 0.556. The lowest BCUT2D eigenvalue weighted by Gasteiger charge is -2.10. The Morgan fingerprint density at radius 1 is 1.19 bits per heavy atom. The molecule has 6 nitrogen and oxygen atoms in total. The number of ether oxygens (including phenoxy) is 2. The van der Waals surface area contributed by atoms with E-state index in [1.807, 2.05) is 61.7 Å². The van der Waals surface area contributed by atoms with Gasteiger partial charge in [0.05, 0.1) is 19.9 Å². The molecule has 0 atom stereocenters. The minimum atomic E-state index is -0.600. The Morgan fingerprint density at radius 2 is 1.96 bits per heavy atom. The number of hydrazone groups is 1. The number of aryl methyl sites for hydroxylation is 1. The van der Waals surface area contributed by atoms with Crippen molar-refractivity contribution in [3.05, 3.63) is 65.9 Å². The van der Waals surface area contributed by atoms with Crippen LogP contribution in [-0.4, -0.2) is 30.6 Å². The number of para-hydroxylation sites is 2. The number of carbonyl (C=O) groups excluding carboxylic acids is 1. The van der Waals surface area contributed by atoms with E-state index in [1.54, 1.807) is 6.21 Å². The van der Waals surface area contributed by atoms with Crippen LogP contribution >= 0.6 is 0 Å². The summed E-state index contributed by atoms with van der Waals surface area (Å²) in [5.74, 6) is 0.896. The molecule has 1 heterocycles. The molecule has 2 aromatic carbocycles. The van der Waals surface area contributed by atoms with Gasteiger partial charge in [0.25, 0.3) is 0 Å². The summed E-state index contributed by atoms with van der Waals surface area (Å²) in [5, 5.41) is 4.98. The van der Waals surface area contributed by atoms with Crippen LogP contribution in [0.5, 0.6) is 5.75 Å². The van der Waals surface area contributed by atoms with Crippen molar-refractivity contribution in [2.45, 2.75) is 13.5 Å². The molecule has 3 aromatic rings. The second kappa shape index (κ2) is 8.20. The number of nitrogens with one attached hydrogen (secondary N) is 1. The fourth-order valence-electron chi connectivity index (χ4n) is 2.74.